The number of likely N-dealkylation sites (tertiary alicyclic amines) is 1. The summed E-state index contributed by atoms with van der Waals surface area (Å²) in [5.41, 5.74) is 0.565. The van der Waals surface area contributed by atoms with E-state index in [0.29, 0.717) is 5.56 Å². The zero-order chi connectivity index (χ0) is 15.6. The van der Waals surface area contributed by atoms with Crippen LogP contribution in [0.1, 0.15) is 12.0 Å². The molecule has 0 spiro atoms. The zero-order valence-corrected chi connectivity index (χ0v) is 11.0. The van der Waals surface area contributed by atoms with Crippen LogP contribution in [0, 0.1) is 11.7 Å². The fourth-order valence-corrected chi connectivity index (χ4v) is 2.37. The Morgan fingerprint density at radius 2 is 1.90 bits per heavy atom. The quantitative estimate of drug-likeness (QED) is 0.836. The molecule has 6 nitrogen and oxygen atoms in total. The predicted octanol–water partition coefficient (Wildman–Crippen LogP) is 0.754. The van der Waals surface area contributed by atoms with E-state index in [4.69, 9.17) is 5.11 Å². The lowest BCUT2D eigenvalue weighted by atomic mass is 10.0. The van der Waals surface area contributed by atoms with E-state index >= 15 is 0 Å². The van der Waals surface area contributed by atoms with Crippen molar-refractivity contribution in [1.82, 2.24) is 4.90 Å². The Morgan fingerprint density at radius 1 is 1.29 bits per heavy atom. The standard InChI is InChI=1S/C14H14FNO5/c15-10-3-1-8(2-4-10)5-11(14(20)21)16-7-9(13(18)19)6-12(16)17/h1-4,9,11H,5-7H2,(H,18,19)(H,20,21)/t9?,11-/m0/s1. The molecule has 1 aliphatic rings. The number of carboxylic acids is 2. The maximum Gasteiger partial charge on any atom is 0.326 e. The predicted molar refractivity (Wildman–Crippen MR) is 69.0 cm³/mol. The molecule has 0 aliphatic carbocycles. The normalized spacial score (nSPS) is 19.6. The van der Waals surface area contributed by atoms with Gasteiger partial charge in [0, 0.05) is 19.4 Å². The molecule has 0 aromatic heterocycles. The molecule has 1 aromatic carbocycles. The topological polar surface area (TPSA) is 94.9 Å². The number of hydrogen-bond acceptors (Lipinski definition) is 3. The third-order valence-corrected chi connectivity index (χ3v) is 3.51. The highest BCUT2D eigenvalue weighted by molar-refractivity contribution is 5.89. The third kappa shape index (κ3) is 3.36. The van der Waals surface area contributed by atoms with Crippen LogP contribution in [0.2, 0.25) is 0 Å². The van der Waals surface area contributed by atoms with E-state index in [9.17, 15) is 23.9 Å². The number of amides is 1. The van der Waals surface area contributed by atoms with E-state index in [0.717, 1.165) is 4.90 Å². The Kier molecular flexibility index (Phi) is 4.21. The van der Waals surface area contributed by atoms with Gasteiger partial charge in [-0.25, -0.2) is 9.18 Å². The monoisotopic (exact) mass is 295 g/mol. The summed E-state index contributed by atoms with van der Waals surface area (Å²) in [6.07, 6.45) is -0.184. The molecule has 1 saturated heterocycles. The Morgan fingerprint density at radius 3 is 2.38 bits per heavy atom. The third-order valence-electron chi connectivity index (χ3n) is 3.51. The van der Waals surface area contributed by atoms with Crippen molar-refractivity contribution in [2.45, 2.75) is 18.9 Å². The number of benzene rings is 1. The molecule has 1 fully saturated rings. The first-order valence-corrected chi connectivity index (χ1v) is 6.38. The van der Waals surface area contributed by atoms with Crippen LogP contribution >= 0.6 is 0 Å². The Labute approximate surface area is 119 Å². The van der Waals surface area contributed by atoms with Crippen LogP contribution in [-0.4, -0.2) is 45.5 Å². The Balaban J connectivity index is 2.16. The summed E-state index contributed by atoms with van der Waals surface area (Å²) in [7, 11) is 0. The SMILES string of the molecule is O=C(O)C1CC(=O)N([C@@H](Cc2ccc(F)cc2)C(=O)O)C1. The van der Waals surface area contributed by atoms with Crippen molar-refractivity contribution in [2.24, 2.45) is 5.92 Å². The summed E-state index contributed by atoms with van der Waals surface area (Å²) >= 11 is 0. The molecule has 1 heterocycles. The van der Waals surface area contributed by atoms with E-state index in [1.165, 1.54) is 24.3 Å². The molecule has 0 bridgehead atoms. The van der Waals surface area contributed by atoms with Gasteiger partial charge < -0.3 is 15.1 Å². The fourth-order valence-electron chi connectivity index (χ4n) is 2.37. The summed E-state index contributed by atoms with van der Waals surface area (Å²) in [4.78, 5) is 35.2. The van der Waals surface area contributed by atoms with Gasteiger partial charge in [-0.2, -0.15) is 0 Å². The van der Waals surface area contributed by atoms with Crippen LogP contribution in [0.3, 0.4) is 0 Å². The number of rotatable bonds is 5. The van der Waals surface area contributed by atoms with Crippen molar-refractivity contribution >= 4 is 17.8 Å². The van der Waals surface area contributed by atoms with Crippen LogP contribution in [0.25, 0.3) is 0 Å². The molecule has 1 aromatic rings. The number of carbonyl (C=O) groups is 3. The van der Waals surface area contributed by atoms with E-state index in [-0.39, 0.29) is 19.4 Å². The number of halogens is 1. The second kappa shape index (κ2) is 5.90. The highest BCUT2D eigenvalue weighted by Crippen LogP contribution is 2.22. The van der Waals surface area contributed by atoms with Gasteiger partial charge in [-0.05, 0) is 17.7 Å². The lowest BCUT2D eigenvalue weighted by molar-refractivity contribution is -0.148. The average molecular weight is 295 g/mol. The minimum Gasteiger partial charge on any atom is -0.481 e. The first kappa shape index (κ1) is 15.0. The number of carbonyl (C=O) groups excluding carboxylic acids is 1. The maximum absolute atomic E-state index is 12.8. The van der Waals surface area contributed by atoms with Gasteiger partial charge in [0.1, 0.15) is 11.9 Å². The van der Waals surface area contributed by atoms with E-state index in [2.05, 4.69) is 0 Å². The lowest BCUT2D eigenvalue weighted by Gasteiger charge is -2.24. The van der Waals surface area contributed by atoms with E-state index < -0.39 is 35.6 Å². The second-order valence-electron chi connectivity index (χ2n) is 4.97. The fraction of sp³-hybridized carbons (Fsp3) is 0.357. The largest absolute Gasteiger partial charge is 0.481 e. The van der Waals surface area contributed by atoms with Crippen LogP contribution < -0.4 is 0 Å². The molecule has 0 saturated carbocycles. The van der Waals surface area contributed by atoms with Crippen molar-refractivity contribution in [2.75, 3.05) is 6.54 Å². The summed E-state index contributed by atoms with van der Waals surface area (Å²) in [5.74, 6) is -4.13. The zero-order valence-electron chi connectivity index (χ0n) is 11.0. The highest BCUT2D eigenvalue weighted by Gasteiger charge is 2.40. The molecular formula is C14H14FNO5. The summed E-state index contributed by atoms with van der Waals surface area (Å²) in [6.45, 7) is -0.119. The second-order valence-corrected chi connectivity index (χ2v) is 4.97. The highest BCUT2D eigenvalue weighted by atomic mass is 19.1. The van der Waals surface area contributed by atoms with E-state index in [1.807, 2.05) is 0 Å². The molecule has 112 valence electrons. The van der Waals surface area contributed by atoms with Crippen molar-refractivity contribution in [3.8, 4) is 0 Å². The average Bonchev–Trinajstić information content (AvgIpc) is 2.80. The van der Waals surface area contributed by atoms with Gasteiger partial charge in [-0.1, -0.05) is 12.1 Å². The molecule has 1 aliphatic heterocycles. The number of aliphatic carboxylic acids is 2. The van der Waals surface area contributed by atoms with Gasteiger partial charge in [0.05, 0.1) is 5.92 Å². The minimum atomic E-state index is -1.21. The van der Waals surface area contributed by atoms with E-state index in [1.54, 1.807) is 0 Å². The number of carboxylic acid groups (broad SMARTS) is 2. The van der Waals surface area contributed by atoms with Crippen molar-refractivity contribution in [3.05, 3.63) is 35.6 Å². The van der Waals surface area contributed by atoms with Gasteiger partial charge in [-0.15, -0.1) is 0 Å². The van der Waals surface area contributed by atoms with Gasteiger partial charge in [-0.3, -0.25) is 9.59 Å². The first-order chi connectivity index (χ1) is 9.88. The molecule has 2 N–H and O–H groups in total. The Bertz CT molecular complexity index is 571. The van der Waals surface area contributed by atoms with Crippen LogP contribution in [-0.2, 0) is 20.8 Å². The summed E-state index contributed by atoms with van der Waals surface area (Å²) in [5, 5.41) is 18.2. The molecule has 2 atom stereocenters. The molecule has 0 radical (unpaired) electrons. The number of nitrogens with zero attached hydrogens (tertiary/aromatic N) is 1. The summed E-state index contributed by atoms with van der Waals surface area (Å²) < 4.78 is 12.8. The van der Waals surface area contributed by atoms with Crippen LogP contribution in [0.5, 0.6) is 0 Å². The maximum atomic E-state index is 12.8. The summed E-state index contributed by atoms with van der Waals surface area (Å²) in [6, 6.07) is 4.16. The van der Waals surface area contributed by atoms with Gasteiger partial charge >= 0.3 is 11.9 Å². The van der Waals surface area contributed by atoms with Crippen molar-refractivity contribution in [1.29, 1.82) is 0 Å². The Hall–Kier alpha value is -2.44. The molecule has 2 rings (SSSR count). The molecule has 7 heteroatoms. The smallest absolute Gasteiger partial charge is 0.326 e. The minimum absolute atomic E-state index is 0.00763. The first-order valence-electron chi connectivity index (χ1n) is 6.38. The van der Waals surface area contributed by atoms with Crippen LogP contribution in [0.4, 0.5) is 4.39 Å². The van der Waals surface area contributed by atoms with Gasteiger partial charge in [0.2, 0.25) is 5.91 Å². The molecule has 21 heavy (non-hydrogen) atoms. The molecular weight excluding hydrogens is 281 g/mol. The van der Waals surface area contributed by atoms with Gasteiger partial charge in [0.15, 0.2) is 0 Å². The number of hydrogen-bond donors (Lipinski definition) is 2. The molecule has 1 amide bonds. The lowest BCUT2D eigenvalue weighted by Crippen LogP contribution is -2.44. The van der Waals surface area contributed by atoms with Crippen molar-refractivity contribution < 1.29 is 29.0 Å². The van der Waals surface area contributed by atoms with Crippen LogP contribution in [0.15, 0.2) is 24.3 Å². The van der Waals surface area contributed by atoms with Gasteiger partial charge in [0.25, 0.3) is 0 Å². The van der Waals surface area contributed by atoms with Crippen molar-refractivity contribution in [3.63, 3.8) is 0 Å². The molecule has 1 unspecified atom stereocenters.